The van der Waals surface area contributed by atoms with E-state index in [0.717, 1.165) is 51.7 Å². The molecule has 1 aromatic heterocycles. The van der Waals surface area contributed by atoms with Gasteiger partial charge < -0.3 is 20.8 Å². The number of carbonyl (C=O) groups is 2. The van der Waals surface area contributed by atoms with E-state index in [1.165, 1.54) is 0 Å². The lowest BCUT2D eigenvalue weighted by molar-refractivity contribution is -0.140. The van der Waals surface area contributed by atoms with E-state index in [1.54, 1.807) is 23.0 Å². The number of fused-ring (bicyclic) bond motifs is 1. The molecular weight excluding hydrogens is 663 g/mol. The standard InChI is InChI=1S/C37H34Cl2N6O4/c38-32-14-23(17-42-33(21-46)37(48)49)13-25(15-40)31(32)20-45-34-6-2-4-28(30(34)19-43-45)29-5-1-3-27(36(29)39)24-9-7-22(8-10-24)16-41-18-26-11-12-35(47)44-26/h1-10,13-14,19,26,33,41-42,46H,11-12,16-18,20-21H2,(H,44,47)(H,48,49)/t26-,33-/m0/s1. The van der Waals surface area contributed by atoms with Crippen LogP contribution in [-0.2, 0) is 29.2 Å². The zero-order valence-corrected chi connectivity index (χ0v) is 27.9. The fourth-order valence-corrected chi connectivity index (χ4v) is 6.77. The van der Waals surface area contributed by atoms with Gasteiger partial charge in [0.1, 0.15) is 6.04 Å². The van der Waals surface area contributed by atoms with Crippen LogP contribution in [0.15, 0.2) is 79.0 Å². The van der Waals surface area contributed by atoms with Gasteiger partial charge in [-0.05, 0) is 46.9 Å². The average molecular weight is 698 g/mol. The summed E-state index contributed by atoms with van der Waals surface area (Å²) in [5, 5.41) is 44.1. The molecule has 4 aromatic carbocycles. The van der Waals surface area contributed by atoms with Crippen molar-refractivity contribution in [1.82, 2.24) is 25.7 Å². The van der Waals surface area contributed by atoms with Crippen LogP contribution in [0.25, 0.3) is 33.2 Å². The quantitative estimate of drug-likeness (QED) is 0.108. The van der Waals surface area contributed by atoms with Crippen molar-refractivity contribution in [2.24, 2.45) is 0 Å². The smallest absolute Gasteiger partial charge is 0.323 e. The number of amides is 1. The molecule has 2 heterocycles. The van der Waals surface area contributed by atoms with Crippen LogP contribution in [-0.4, -0.2) is 57.1 Å². The number of nitrogens with one attached hydrogen (secondary N) is 3. The Labute approximate surface area is 293 Å². The number of hydrogen-bond acceptors (Lipinski definition) is 7. The van der Waals surface area contributed by atoms with Crippen LogP contribution < -0.4 is 16.0 Å². The first kappa shape index (κ1) is 34.1. The number of aliphatic hydroxyl groups is 1. The molecule has 0 radical (unpaired) electrons. The zero-order chi connectivity index (χ0) is 34.5. The van der Waals surface area contributed by atoms with Gasteiger partial charge in [-0.15, -0.1) is 0 Å². The van der Waals surface area contributed by atoms with E-state index < -0.39 is 18.6 Å². The Morgan fingerprint density at radius 1 is 1.04 bits per heavy atom. The lowest BCUT2D eigenvalue weighted by Gasteiger charge is -2.14. The Hall–Kier alpha value is -4.76. The van der Waals surface area contributed by atoms with Gasteiger partial charge in [-0.3, -0.25) is 19.6 Å². The molecule has 1 aliphatic heterocycles. The Kier molecular flexibility index (Phi) is 10.6. The molecule has 5 N–H and O–H groups in total. The number of rotatable bonds is 13. The Bertz CT molecular complexity index is 2060. The van der Waals surface area contributed by atoms with Gasteiger partial charge in [-0.25, -0.2) is 0 Å². The molecule has 6 rings (SSSR count). The van der Waals surface area contributed by atoms with E-state index in [0.29, 0.717) is 39.7 Å². The molecule has 250 valence electrons. The van der Waals surface area contributed by atoms with Crippen molar-refractivity contribution in [2.45, 2.75) is 44.6 Å². The highest BCUT2D eigenvalue weighted by molar-refractivity contribution is 6.36. The highest BCUT2D eigenvalue weighted by Gasteiger charge is 2.21. The van der Waals surface area contributed by atoms with E-state index >= 15 is 0 Å². The first-order chi connectivity index (χ1) is 23.7. The van der Waals surface area contributed by atoms with Gasteiger partial charge in [0.2, 0.25) is 5.91 Å². The second-order valence-corrected chi connectivity index (χ2v) is 12.8. The summed E-state index contributed by atoms with van der Waals surface area (Å²) < 4.78 is 1.79. The molecule has 5 aromatic rings. The van der Waals surface area contributed by atoms with Gasteiger partial charge in [0.05, 0.1) is 41.5 Å². The van der Waals surface area contributed by atoms with Gasteiger partial charge in [0, 0.05) is 59.2 Å². The molecule has 1 amide bonds. The number of benzene rings is 4. The van der Waals surface area contributed by atoms with Crippen molar-refractivity contribution in [2.75, 3.05) is 13.2 Å². The minimum Gasteiger partial charge on any atom is -0.480 e. The third kappa shape index (κ3) is 7.62. The van der Waals surface area contributed by atoms with Crippen molar-refractivity contribution in [1.29, 1.82) is 5.26 Å². The molecule has 49 heavy (non-hydrogen) atoms. The summed E-state index contributed by atoms with van der Waals surface area (Å²) in [6.07, 6.45) is 3.24. The molecule has 1 saturated heterocycles. The Morgan fingerprint density at radius 2 is 1.80 bits per heavy atom. The largest absolute Gasteiger partial charge is 0.480 e. The van der Waals surface area contributed by atoms with Crippen molar-refractivity contribution in [3.05, 3.63) is 111 Å². The second-order valence-electron chi connectivity index (χ2n) is 12.0. The molecule has 0 unspecified atom stereocenters. The summed E-state index contributed by atoms with van der Waals surface area (Å²) in [6, 6.07) is 24.8. The molecule has 0 bridgehead atoms. The van der Waals surface area contributed by atoms with Crippen LogP contribution in [0.4, 0.5) is 0 Å². The number of carboxylic acid groups (broad SMARTS) is 1. The number of carboxylic acids is 1. The van der Waals surface area contributed by atoms with E-state index in [-0.39, 0.29) is 25.0 Å². The van der Waals surface area contributed by atoms with Crippen molar-refractivity contribution in [3.63, 3.8) is 0 Å². The number of nitrogens with zero attached hydrogens (tertiary/aromatic N) is 3. The highest BCUT2D eigenvalue weighted by Crippen LogP contribution is 2.39. The lowest BCUT2D eigenvalue weighted by atomic mass is 9.96. The van der Waals surface area contributed by atoms with Crippen LogP contribution in [0.3, 0.4) is 0 Å². The number of aromatic nitrogens is 2. The summed E-state index contributed by atoms with van der Waals surface area (Å²) >= 11 is 13.8. The zero-order valence-electron chi connectivity index (χ0n) is 26.4. The van der Waals surface area contributed by atoms with Gasteiger partial charge in [0.25, 0.3) is 0 Å². The number of aliphatic carboxylic acids is 1. The first-order valence-corrected chi connectivity index (χ1v) is 16.6. The normalized spacial score (nSPS) is 14.9. The van der Waals surface area contributed by atoms with Gasteiger partial charge >= 0.3 is 5.97 Å². The average Bonchev–Trinajstić information content (AvgIpc) is 3.72. The second kappa shape index (κ2) is 15.2. The predicted octanol–water partition coefficient (Wildman–Crippen LogP) is 5.50. The summed E-state index contributed by atoms with van der Waals surface area (Å²) in [5.74, 6) is -1.05. The van der Waals surface area contributed by atoms with E-state index in [1.807, 2.05) is 36.4 Å². The fourth-order valence-electron chi connectivity index (χ4n) is 6.13. The fraction of sp³-hybridized carbons (Fsp3) is 0.243. The monoisotopic (exact) mass is 696 g/mol. The molecule has 0 saturated carbocycles. The summed E-state index contributed by atoms with van der Waals surface area (Å²) in [5.41, 5.74) is 7.21. The Morgan fingerprint density at radius 3 is 2.51 bits per heavy atom. The SMILES string of the molecule is N#Cc1cc(CN[C@@H](CO)C(=O)O)cc(Cl)c1Cn1ncc2c(-c3cccc(-c4ccc(CNC[C@@H]5CCC(=O)N5)cc4)c3Cl)cccc21. The molecule has 1 aliphatic rings. The number of halogens is 2. The molecule has 0 spiro atoms. The third-order valence-electron chi connectivity index (χ3n) is 8.76. The lowest BCUT2D eigenvalue weighted by Crippen LogP contribution is -2.39. The number of carbonyl (C=O) groups excluding carboxylic acids is 1. The van der Waals surface area contributed by atoms with E-state index in [4.69, 9.17) is 23.2 Å². The van der Waals surface area contributed by atoms with Crippen molar-refractivity contribution >= 4 is 46.0 Å². The Balaban J connectivity index is 1.21. The maximum absolute atomic E-state index is 11.4. The molecule has 2 atom stereocenters. The topological polar surface area (TPSA) is 152 Å². The number of aliphatic hydroxyl groups excluding tert-OH is 1. The van der Waals surface area contributed by atoms with E-state index in [9.17, 15) is 25.1 Å². The summed E-state index contributed by atoms with van der Waals surface area (Å²) in [6.45, 7) is 1.23. The highest BCUT2D eigenvalue weighted by atomic mass is 35.5. The molecule has 0 aliphatic carbocycles. The molecular formula is C37H34Cl2N6O4. The van der Waals surface area contributed by atoms with Gasteiger partial charge in [-0.2, -0.15) is 10.4 Å². The summed E-state index contributed by atoms with van der Waals surface area (Å²) in [7, 11) is 0. The molecule has 1 fully saturated rings. The molecule has 12 heteroatoms. The maximum atomic E-state index is 11.4. The summed E-state index contributed by atoms with van der Waals surface area (Å²) in [4.78, 5) is 22.7. The minimum atomic E-state index is -1.17. The number of nitriles is 1. The van der Waals surface area contributed by atoms with Gasteiger partial charge in [-0.1, -0.05) is 77.8 Å². The van der Waals surface area contributed by atoms with Crippen LogP contribution in [0, 0.1) is 11.3 Å². The van der Waals surface area contributed by atoms with Crippen LogP contribution >= 0.6 is 23.2 Å². The van der Waals surface area contributed by atoms with Gasteiger partial charge in [0.15, 0.2) is 0 Å². The molecule has 10 nitrogen and oxygen atoms in total. The van der Waals surface area contributed by atoms with Crippen molar-refractivity contribution in [3.8, 4) is 28.3 Å². The van der Waals surface area contributed by atoms with Crippen LogP contribution in [0.1, 0.15) is 35.1 Å². The third-order valence-corrected chi connectivity index (χ3v) is 9.51. The number of hydrogen-bond donors (Lipinski definition) is 5. The predicted molar refractivity (Wildman–Crippen MR) is 189 cm³/mol. The van der Waals surface area contributed by atoms with Crippen LogP contribution in [0.5, 0.6) is 0 Å². The minimum absolute atomic E-state index is 0.115. The van der Waals surface area contributed by atoms with E-state index in [2.05, 4.69) is 51.4 Å². The first-order valence-electron chi connectivity index (χ1n) is 15.9. The maximum Gasteiger partial charge on any atom is 0.323 e. The van der Waals surface area contributed by atoms with Crippen molar-refractivity contribution < 1.29 is 19.8 Å². The van der Waals surface area contributed by atoms with Crippen LogP contribution in [0.2, 0.25) is 10.0 Å².